The fourth-order valence-corrected chi connectivity index (χ4v) is 2.96. The number of pyridine rings is 1. The van der Waals surface area contributed by atoms with Crippen LogP contribution in [0.2, 0.25) is 0 Å². The fourth-order valence-electron chi connectivity index (χ4n) is 2.96. The van der Waals surface area contributed by atoms with Crippen LogP contribution in [0.3, 0.4) is 0 Å². The summed E-state index contributed by atoms with van der Waals surface area (Å²) in [4.78, 5) is 12.6. The quantitative estimate of drug-likeness (QED) is 0.414. The van der Waals surface area contributed by atoms with Crippen LogP contribution in [0.5, 0.6) is 17.2 Å². The van der Waals surface area contributed by atoms with Gasteiger partial charge in [0.05, 0.1) is 7.11 Å². The van der Waals surface area contributed by atoms with E-state index in [0.29, 0.717) is 22.6 Å². The van der Waals surface area contributed by atoms with E-state index < -0.39 is 18.5 Å². The van der Waals surface area contributed by atoms with Gasteiger partial charge in [0.15, 0.2) is 11.5 Å². The summed E-state index contributed by atoms with van der Waals surface area (Å²) >= 11 is 0. The molecule has 0 saturated carbocycles. The number of aliphatic hydroxyl groups excluding tert-OH is 1. The van der Waals surface area contributed by atoms with Crippen LogP contribution in [0.1, 0.15) is 13.8 Å². The number of aromatic nitrogens is 1. The van der Waals surface area contributed by atoms with Crippen molar-refractivity contribution in [3.8, 4) is 28.4 Å². The largest absolute Gasteiger partial charge is 0.573 e. The molecule has 0 aliphatic heterocycles. The molecule has 0 radical (unpaired) electrons. The lowest BCUT2D eigenvalue weighted by Gasteiger charge is -2.16. The predicted octanol–water partition coefficient (Wildman–Crippen LogP) is 4.57. The number of rotatable bonds is 8. The van der Waals surface area contributed by atoms with Crippen molar-refractivity contribution >= 4 is 6.03 Å². The normalized spacial score (nSPS) is 11.5. The van der Waals surface area contributed by atoms with E-state index in [1.165, 1.54) is 31.5 Å². The summed E-state index contributed by atoms with van der Waals surface area (Å²) in [6.07, 6.45) is -4.46. The van der Waals surface area contributed by atoms with Crippen molar-refractivity contribution in [3.63, 3.8) is 0 Å². The van der Waals surface area contributed by atoms with Crippen LogP contribution >= 0.6 is 0 Å². The molecular weight excluding hydrogens is 479 g/mol. The molecule has 0 saturated heterocycles. The third-order valence-electron chi connectivity index (χ3n) is 4.58. The molecule has 1 atom stereocenters. The lowest BCUT2D eigenvalue weighted by atomic mass is 10.1. The highest BCUT2D eigenvalue weighted by Crippen LogP contribution is 2.27. The number of nitrogens with zero attached hydrogens (tertiary/aromatic N) is 1. The van der Waals surface area contributed by atoms with Crippen molar-refractivity contribution in [1.29, 1.82) is 5.41 Å². The first-order valence-electron chi connectivity index (χ1n) is 11.0. The Morgan fingerprint density at radius 1 is 1.03 bits per heavy atom. The van der Waals surface area contributed by atoms with Crippen LogP contribution in [0, 0.1) is 5.41 Å². The molecule has 1 heterocycles. The SMILES string of the molecule is CC.COc1ccccc1OCC(O)CNC(=O)n1cc(-c2ccc(OC(F)(F)F)cc2)ccc1=N. The third-order valence-corrected chi connectivity index (χ3v) is 4.58. The fraction of sp³-hybridized carbons (Fsp3) is 0.280. The molecule has 1 aromatic heterocycles. The maximum atomic E-state index is 12.6. The van der Waals surface area contributed by atoms with Gasteiger partial charge in [-0.25, -0.2) is 4.79 Å². The van der Waals surface area contributed by atoms with Crippen molar-refractivity contribution in [2.75, 3.05) is 20.3 Å². The van der Waals surface area contributed by atoms with Crippen LogP contribution in [-0.2, 0) is 0 Å². The molecule has 11 heteroatoms. The van der Waals surface area contributed by atoms with Gasteiger partial charge in [-0.15, -0.1) is 13.2 Å². The van der Waals surface area contributed by atoms with Gasteiger partial charge in [0.1, 0.15) is 23.9 Å². The van der Waals surface area contributed by atoms with Gasteiger partial charge in [-0.3, -0.25) is 9.98 Å². The number of nitrogens with one attached hydrogen (secondary N) is 2. The summed E-state index contributed by atoms with van der Waals surface area (Å²) in [7, 11) is 1.49. The molecule has 2 aromatic carbocycles. The lowest BCUT2D eigenvalue weighted by Crippen LogP contribution is -2.41. The van der Waals surface area contributed by atoms with Gasteiger partial charge in [-0.1, -0.05) is 38.1 Å². The van der Waals surface area contributed by atoms with Crippen LogP contribution in [0.15, 0.2) is 66.9 Å². The van der Waals surface area contributed by atoms with E-state index in [0.717, 1.165) is 16.7 Å². The van der Waals surface area contributed by atoms with Gasteiger partial charge in [-0.05, 0) is 47.5 Å². The predicted molar refractivity (Wildman–Crippen MR) is 127 cm³/mol. The van der Waals surface area contributed by atoms with E-state index in [2.05, 4.69) is 10.1 Å². The molecule has 0 spiro atoms. The van der Waals surface area contributed by atoms with E-state index >= 15 is 0 Å². The summed E-state index contributed by atoms with van der Waals surface area (Å²) in [6, 6.07) is 14.3. The Bertz CT molecular complexity index is 1180. The summed E-state index contributed by atoms with van der Waals surface area (Å²) in [5.41, 5.74) is 0.879. The van der Waals surface area contributed by atoms with Crippen LogP contribution in [0.4, 0.5) is 18.0 Å². The summed E-state index contributed by atoms with van der Waals surface area (Å²) in [5.74, 6) is 0.573. The zero-order chi connectivity index (χ0) is 26.7. The average molecular weight is 508 g/mol. The first-order valence-corrected chi connectivity index (χ1v) is 11.0. The zero-order valence-corrected chi connectivity index (χ0v) is 20.0. The Hall–Kier alpha value is -3.99. The first-order chi connectivity index (χ1) is 17.2. The minimum atomic E-state index is -4.79. The van der Waals surface area contributed by atoms with Gasteiger partial charge in [0.2, 0.25) is 0 Å². The number of halogens is 3. The molecular formula is C25H28F3N3O5. The lowest BCUT2D eigenvalue weighted by molar-refractivity contribution is -0.274. The Morgan fingerprint density at radius 2 is 1.64 bits per heavy atom. The van der Waals surface area contributed by atoms with Gasteiger partial charge in [0, 0.05) is 12.7 Å². The maximum absolute atomic E-state index is 12.6. The van der Waals surface area contributed by atoms with Gasteiger partial charge >= 0.3 is 12.4 Å². The number of aliphatic hydroxyl groups is 1. The summed E-state index contributed by atoms with van der Waals surface area (Å²) in [6.45, 7) is 3.75. The van der Waals surface area contributed by atoms with Gasteiger partial charge in [-0.2, -0.15) is 0 Å². The summed E-state index contributed by atoms with van der Waals surface area (Å²) < 4.78 is 52.5. The summed E-state index contributed by atoms with van der Waals surface area (Å²) in [5, 5.41) is 20.6. The molecule has 0 aliphatic carbocycles. The topological polar surface area (TPSA) is 106 Å². The molecule has 194 valence electrons. The van der Waals surface area contributed by atoms with Crippen LogP contribution in [0.25, 0.3) is 11.1 Å². The number of hydrogen-bond donors (Lipinski definition) is 3. The minimum Gasteiger partial charge on any atom is -0.493 e. The molecule has 3 N–H and O–H groups in total. The zero-order valence-electron chi connectivity index (χ0n) is 20.0. The number of benzene rings is 2. The smallest absolute Gasteiger partial charge is 0.493 e. The molecule has 1 amide bonds. The van der Waals surface area contributed by atoms with Crippen molar-refractivity contribution in [1.82, 2.24) is 9.88 Å². The van der Waals surface area contributed by atoms with Gasteiger partial charge in [0.25, 0.3) is 0 Å². The molecule has 0 bridgehead atoms. The highest BCUT2D eigenvalue weighted by molar-refractivity contribution is 5.78. The van der Waals surface area contributed by atoms with Crippen LogP contribution in [-0.4, -0.2) is 48.4 Å². The van der Waals surface area contributed by atoms with Crippen molar-refractivity contribution in [2.45, 2.75) is 26.3 Å². The van der Waals surface area contributed by atoms with E-state index in [9.17, 15) is 23.1 Å². The standard InChI is InChI=1S/C23H22F3N3O5.C2H6/c1-32-19-4-2-3-5-20(19)33-14-17(30)12-28-22(31)29-13-16(8-11-21(29)27)15-6-9-18(10-7-15)34-23(24,25)26;1-2/h2-11,13,17,27,30H,12,14H2,1H3,(H,28,31);1-2H3. The average Bonchev–Trinajstić information content (AvgIpc) is 2.87. The molecule has 36 heavy (non-hydrogen) atoms. The number of hydrogen-bond acceptors (Lipinski definition) is 6. The Labute approximate surface area is 206 Å². The second-order valence-electron chi connectivity index (χ2n) is 7.05. The highest BCUT2D eigenvalue weighted by Gasteiger charge is 2.31. The van der Waals surface area contributed by atoms with E-state index in [4.69, 9.17) is 14.9 Å². The van der Waals surface area contributed by atoms with Crippen molar-refractivity contribution in [2.24, 2.45) is 0 Å². The maximum Gasteiger partial charge on any atom is 0.573 e. The molecule has 0 aliphatic rings. The first kappa shape index (κ1) is 28.2. The van der Waals surface area contributed by atoms with Crippen LogP contribution < -0.4 is 25.0 Å². The molecule has 8 nitrogen and oxygen atoms in total. The van der Waals surface area contributed by atoms with Crippen molar-refractivity contribution < 1.29 is 37.3 Å². The number of para-hydroxylation sites is 2. The van der Waals surface area contributed by atoms with E-state index in [-0.39, 0.29) is 24.4 Å². The Kier molecular flexibility index (Phi) is 10.4. The number of methoxy groups -OCH3 is 1. The molecule has 1 unspecified atom stereocenters. The number of ether oxygens (including phenoxy) is 3. The molecule has 0 fully saturated rings. The minimum absolute atomic E-state index is 0.106. The van der Waals surface area contributed by atoms with Crippen molar-refractivity contribution in [3.05, 3.63) is 72.3 Å². The van der Waals surface area contributed by atoms with E-state index in [1.54, 1.807) is 30.3 Å². The Balaban J connectivity index is 0.00000222. The molecule has 3 rings (SSSR count). The number of carbonyl (C=O) groups excluding carboxylic acids is 1. The van der Waals surface area contributed by atoms with Gasteiger partial charge < -0.3 is 24.6 Å². The second kappa shape index (κ2) is 13.2. The number of carbonyl (C=O) groups is 1. The Morgan fingerprint density at radius 3 is 2.25 bits per heavy atom. The third kappa shape index (κ3) is 8.35. The number of alkyl halides is 3. The highest BCUT2D eigenvalue weighted by atomic mass is 19.4. The van der Waals surface area contributed by atoms with E-state index in [1.807, 2.05) is 13.8 Å². The monoisotopic (exact) mass is 507 g/mol. The number of amides is 1. The second-order valence-corrected chi connectivity index (χ2v) is 7.05. The molecule has 3 aromatic rings.